The fraction of sp³-hybridized carbons (Fsp3) is 0.320. The highest BCUT2D eigenvalue weighted by Crippen LogP contribution is 2.31. The maximum absolute atomic E-state index is 12.3. The van der Waals surface area contributed by atoms with E-state index in [1.807, 2.05) is 43.3 Å². The second-order valence-corrected chi connectivity index (χ2v) is 8.69. The highest BCUT2D eigenvalue weighted by molar-refractivity contribution is 5.95. The summed E-state index contributed by atoms with van der Waals surface area (Å²) >= 11 is 0. The molecule has 1 amide bonds. The zero-order chi connectivity index (χ0) is 23.5. The maximum Gasteiger partial charge on any atom is 0.336 e. The maximum atomic E-state index is 12.3. The number of carbonyl (C=O) groups is 2. The van der Waals surface area contributed by atoms with Crippen LogP contribution in [0.25, 0.3) is 22.1 Å². The lowest BCUT2D eigenvalue weighted by molar-refractivity contribution is -0.154. The number of hydrogen-bond acceptors (Lipinski definition) is 6. The lowest BCUT2D eigenvalue weighted by Crippen LogP contribution is -2.39. The van der Waals surface area contributed by atoms with E-state index >= 15 is 0 Å². The molecule has 2 aromatic carbocycles. The third kappa shape index (κ3) is 5.75. The predicted octanol–water partition coefficient (Wildman–Crippen LogP) is 3.66. The first-order valence-corrected chi connectivity index (χ1v) is 10.4. The largest absolute Gasteiger partial charge is 0.459 e. The Labute approximate surface area is 187 Å². The van der Waals surface area contributed by atoms with Gasteiger partial charge in [-0.15, -0.1) is 0 Å². The van der Waals surface area contributed by atoms with Crippen molar-refractivity contribution in [3.8, 4) is 11.1 Å². The van der Waals surface area contributed by atoms with Crippen molar-refractivity contribution < 1.29 is 18.7 Å². The van der Waals surface area contributed by atoms with Crippen molar-refractivity contribution in [1.82, 2.24) is 5.32 Å². The molecule has 3 rings (SSSR count). The summed E-state index contributed by atoms with van der Waals surface area (Å²) in [5.41, 5.74) is 2.92. The molecule has 7 heteroatoms. The average molecular weight is 437 g/mol. The van der Waals surface area contributed by atoms with Crippen molar-refractivity contribution in [2.45, 2.75) is 33.3 Å². The van der Waals surface area contributed by atoms with E-state index in [0.29, 0.717) is 11.3 Å². The van der Waals surface area contributed by atoms with Gasteiger partial charge in [0.05, 0.1) is 6.54 Å². The molecule has 0 atom stereocenters. The molecule has 1 heterocycles. The zero-order valence-corrected chi connectivity index (χ0v) is 19.0. The molecule has 3 aromatic rings. The Morgan fingerprint density at radius 1 is 1.06 bits per heavy atom. The number of anilines is 1. The predicted molar refractivity (Wildman–Crippen MR) is 125 cm³/mol. The minimum atomic E-state index is -0.606. The molecule has 0 aliphatic heterocycles. The second-order valence-electron chi connectivity index (χ2n) is 8.69. The van der Waals surface area contributed by atoms with Crippen LogP contribution in [-0.4, -0.2) is 37.6 Å². The van der Waals surface area contributed by atoms with Crippen molar-refractivity contribution in [3.63, 3.8) is 0 Å². The summed E-state index contributed by atoms with van der Waals surface area (Å²) in [6.07, 6.45) is 0. The van der Waals surface area contributed by atoms with Crippen LogP contribution in [0.15, 0.2) is 57.7 Å². The van der Waals surface area contributed by atoms with Crippen LogP contribution in [0.3, 0.4) is 0 Å². The molecule has 0 saturated heterocycles. The Hall–Kier alpha value is -3.61. The molecule has 168 valence electrons. The van der Waals surface area contributed by atoms with Crippen LogP contribution >= 0.6 is 0 Å². The zero-order valence-electron chi connectivity index (χ0n) is 19.0. The number of hydrogen-bond donors (Lipinski definition) is 1. The molecule has 7 nitrogen and oxygen atoms in total. The van der Waals surface area contributed by atoms with Crippen LogP contribution in [0.1, 0.15) is 26.3 Å². The van der Waals surface area contributed by atoms with Gasteiger partial charge in [0.1, 0.15) is 17.7 Å². The van der Waals surface area contributed by atoms with Gasteiger partial charge in [0.2, 0.25) is 5.91 Å². The van der Waals surface area contributed by atoms with Crippen LogP contribution in [0.2, 0.25) is 0 Å². The third-order valence-electron chi connectivity index (χ3n) is 4.83. The summed E-state index contributed by atoms with van der Waals surface area (Å²) in [5, 5.41) is 3.37. The van der Waals surface area contributed by atoms with Gasteiger partial charge in [0.15, 0.2) is 0 Å². The smallest absolute Gasteiger partial charge is 0.336 e. The summed E-state index contributed by atoms with van der Waals surface area (Å²) in [7, 11) is 1.75. The first-order chi connectivity index (χ1) is 15.0. The topological polar surface area (TPSA) is 88.9 Å². The number of rotatable bonds is 6. The Morgan fingerprint density at radius 3 is 2.47 bits per heavy atom. The fourth-order valence-corrected chi connectivity index (χ4v) is 3.40. The Balaban J connectivity index is 1.77. The van der Waals surface area contributed by atoms with Crippen molar-refractivity contribution >= 4 is 28.5 Å². The standard InChI is InChI=1S/C25H28N2O5/c1-16-8-6-7-9-18(16)20-13-23(29)31-21-12-17(10-11-19(20)21)27(5)15-22(28)26-14-24(30)32-25(2,3)4/h6-13H,14-15H2,1-5H3,(H,26,28). The Morgan fingerprint density at radius 2 is 1.78 bits per heavy atom. The number of ether oxygens (including phenoxy) is 1. The number of esters is 1. The van der Waals surface area contributed by atoms with Crippen LogP contribution < -0.4 is 15.8 Å². The molecule has 0 fully saturated rings. The van der Waals surface area contributed by atoms with Gasteiger partial charge in [0, 0.05) is 35.8 Å². The molecular weight excluding hydrogens is 408 g/mol. The number of amides is 1. The van der Waals surface area contributed by atoms with E-state index in [1.165, 1.54) is 6.07 Å². The van der Waals surface area contributed by atoms with E-state index in [-0.39, 0.29) is 19.0 Å². The minimum Gasteiger partial charge on any atom is -0.459 e. The van der Waals surface area contributed by atoms with E-state index < -0.39 is 17.2 Å². The third-order valence-corrected chi connectivity index (χ3v) is 4.83. The van der Waals surface area contributed by atoms with Gasteiger partial charge < -0.3 is 19.4 Å². The summed E-state index contributed by atoms with van der Waals surface area (Å²) < 4.78 is 10.6. The van der Waals surface area contributed by atoms with Crippen molar-refractivity contribution in [2.24, 2.45) is 0 Å². The first kappa shape index (κ1) is 23.1. The first-order valence-electron chi connectivity index (χ1n) is 10.4. The molecule has 0 saturated carbocycles. The number of fused-ring (bicyclic) bond motifs is 1. The van der Waals surface area contributed by atoms with Crippen molar-refractivity contribution in [2.75, 3.05) is 25.0 Å². The number of nitrogens with zero attached hydrogens (tertiary/aromatic N) is 1. The van der Waals surface area contributed by atoms with Gasteiger partial charge >= 0.3 is 11.6 Å². The molecule has 32 heavy (non-hydrogen) atoms. The Bertz CT molecular complexity index is 1210. The lowest BCUT2D eigenvalue weighted by Gasteiger charge is -2.21. The monoisotopic (exact) mass is 436 g/mol. The number of nitrogens with one attached hydrogen (secondary N) is 1. The van der Waals surface area contributed by atoms with Crippen molar-refractivity contribution in [3.05, 3.63) is 64.5 Å². The van der Waals surface area contributed by atoms with Crippen LogP contribution in [0.5, 0.6) is 0 Å². The number of carbonyl (C=O) groups excluding carboxylic acids is 2. The highest BCUT2D eigenvalue weighted by Gasteiger charge is 2.17. The van der Waals surface area contributed by atoms with E-state index in [2.05, 4.69) is 5.32 Å². The van der Waals surface area contributed by atoms with Gasteiger partial charge in [0.25, 0.3) is 0 Å². The second kappa shape index (κ2) is 9.26. The minimum absolute atomic E-state index is 0.0238. The van der Waals surface area contributed by atoms with Gasteiger partial charge in [-0.05, 0) is 51.0 Å². The van der Waals surface area contributed by atoms with Crippen molar-refractivity contribution in [1.29, 1.82) is 0 Å². The molecule has 0 spiro atoms. The SMILES string of the molecule is Cc1ccccc1-c1cc(=O)oc2cc(N(C)CC(=O)NCC(=O)OC(C)(C)C)ccc12. The molecule has 0 radical (unpaired) electrons. The lowest BCUT2D eigenvalue weighted by atomic mass is 9.98. The summed E-state index contributed by atoms with van der Waals surface area (Å²) in [6, 6.07) is 14.8. The Kier molecular flexibility index (Phi) is 6.67. The highest BCUT2D eigenvalue weighted by atomic mass is 16.6. The van der Waals surface area contributed by atoms with Crippen LogP contribution in [0.4, 0.5) is 5.69 Å². The van der Waals surface area contributed by atoms with Gasteiger partial charge in [-0.1, -0.05) is 24.3 Å². The molecule has 1 aromatic heterocycles. The van der Waals surface area contributed by atoms with Gasteiger partial charge in [-0.3, -0.25) is 9.59 Å². The van der Waals surface area contributed by atoms with Gasteiger partial charge in [-0.2, -0.15) is 0 Å². The van der Waals surface area contributed by atoms with Crippen LogP contribution in [0, 0.1) is 6.92 Å². The molecule has 0 bridgehead atoms. The normalized spacial score (nSPS) is 11.3. The molecule has 0 unspecified atom stereocenters. The quantitative estimate of drug-likeness (QED) is 0.469. The van der Waals surface area contributed by atoms with E-state index in [0.717, 1.165) is 22.1 Å². The number of aryl methyl sites for hydroxylation is 1. The van der Waals surface area contributed by atoms with Gasteiger partial charge in [-0.25, -0.2) is 4.79 Å². The summed E-state index contributed by atoms with van der Waals surface area (Å²) in [5.74, 6) is -0.821. The molecule has 0 aliphatic carbocycles. The molecule has 0 aliphatic rings. The molecule has 1 N–H and O–H groups in total. The molecular formula is C25H28N2O5. The summed E-state index contributed by atoms with van der Waals surface area (Å²) in [6.45, 7) is 7.12. The fourth-order valence-electron chi connectivity index (χ4n) is 3.40. The average Bonchev–Trinajstić information content (AvgIpc) is 2.70. The summed E-state index contributed by atoms with van der Waals surface area (Å²) in [4.78, 5) is 38.0. The van der Waals surface area contributed by atoms with E-state index in [4.69, 9.17) is 9.15 Å². The van der Waals surface area contributed by atoms with E-state index in [1.54, 1.807) is 38.8 Å². The van der Waals surface area contributed by atoms with E-state index in [9.17, 15) is 14.4 Å². The number of benzene rings is 2. The van der Waals surface area contributed by atoms with Crippen LogP contribution in [-0.2, 0) is 14.3 Å². The number of likely N-dealkylation sites (N-methyl/N-ethyl adjacent to an activating group) is 1.